The number of thiazole rings is 1. The second kappa shape index (κ2) is 3.96. The van der Waals surface area contributed by atoms with Crippen LogP contribution >= 0.6 is 11.3 Å². The number of rotatable bonds is 1. The minimum absolute atomic E-state index is 0.382. The lowest BCUT2D eigenvalue weighted by atomic mass is 10.1. The molecule has 1 N–H and O–H groups in total. The van der Waals surface area contributed by atoms with E-state index < -0.39 is 11.2 Å². The molecule has 0 aliphatic heterocycles. The van der Waals surface area contributed by atoms with Gasteiger partial charge in [-0.1, -0.05) is 0 Å². The number of hydrogen-bond acceptors (Lipinski definition) is 4. The molecular weight excluding hydrogens is 238 g/mol. The predicted octanol–water partition coefficient (Wildman–Crippen LogP) is 1.42. The van der Waals surface area contributed by atoms with Crippen LogP contribution in [0, 0.1) is 0 Å². The van der Waals surface area contributed by atoms with Gasteiger partial charge < -0.3 is 0 Å². The standard InChI is InChI=1S/C11H13N3O2S/c1-11(2,3)14-6-7(8(15)13-10(14)16)9-12-4-5-17-9/h4-6H,1-3H3,(H,13,15,16). The zero-order valence-corrected chi connectivity index (χ0v) is 10.7. The normalized spacial score (nSPS) is 11.7. The van der Waals surface area contributed by atoms with Gasteiger partial charge in [-0.3, -0.25) is 14.3 Å². The van der Waals surface area contributed by atoms with E-state index in [9.17, 15) is 9.59 Å². The zero-order valence-electron chi connectivity index (χ0n) is 9.85. The van der Waals surface area contributed by atoms with Crippen molar-refractivity contribution in [3.05, 3.63) is 38.6 Å². The predicted molar refractivity (Wildman–Crippen MR) is 67.4 cm³/mol. The van der Waals surface area contributed by atoms with Crippen LogP contribution in [0.1, 0.15) is 20.8 Å². The summed E-state index contributed by atoms with van der Waals surface area (Å²) in [6.07, 6.45) is 3.20. The second-order valence-corrected chi connectivity index (χ2v) is 5.57. The van der Waals surface area contributed by atoms with Crippen molar-refractivity contribution >= 4 is 11.3 Å². The summed E-state index contributed by atoms with van der Waals surface area (Å²) in [5.41, 5.74) is -0.754. The average molecular weight is 251 g/mol. The van der Waals surface area contributed by atoms with Crippen molar-refractivity contribution in [3.8, 4) is 10.6 Å². The molecule has 0 aromatic carbocycles. The van der Waals surface area contributed by atoms with Gasteiger partial charge in [-0.25, -0.2) is 9.78 Å². The van der Waals surface area contributed by atoms with Gasteiger partial charge in [0.2, 0.25) is 0 Å². The van der Waals surface area contributed by atoms with Crippen molar-refractivity contribution in [1.82, 2.24) is 14.5 Å². The quantitative estimate of drug-likeness (QED) is 0.833. The van der Waals surface area contributed by atoms with Crippen LogP contribution in [0.3, 0.4) is 0 Å². The summed E-state index contributed by atoms with van der Waals surface area (Å²) in [5, 5.41) is 2.41. The molecule has 6 heteroatoms. The van der Waals surface area contributed by atoms with Crippen molar-refractivity contribution in [1.29, 1.82) is 0 Å². The number of H-pyrrole nitrogens is 1. The van der Waals surface area contributed by atoms with Gasteiger partial charge in [0, 0.05) is 23.3 Å². The molecule has 0 radical (unpaired) electrons. The summed E-state index contributed by atoms with van der Waals surface area (Å²) < 4.78 is 1.51. The molecule has 90 valence electrons. The Bertz CT molecular complexity index is 632. The number of aromatic nitrogens is 3. The molecule has 0 amide bonds. The van der Waals surface area contributed by atoms with E-state index in [1.165, 1.54) is 15.9 Å². The van der Waals surface area contributed by atoms with Crippen molar-refractivity contribution in [2.75, 3.05) is 0 Å². The summed E-state index contributed by atoms with van der Waals surface area (Å²) in [5.74, 6) is 0. The van der Waals surface area contributed by atoms with E-state index in [0.717, 1.165) is 0 Å². The van der Waals surface area contributed by atoms with Gasteiger partial charge in [-0.2, -0.15) is 0 Å². The first kappa shape index (κ1) is 11.8. The minimum Gasteiger partial charge on any atom is -0.295 e. The van der Waals surface area contributed by atoms with Gasteiger partial charge in [0.1, 0.15) is 5.01 Å². The lowest BCUT2D eigenvalue weighted by Gasteiger charge is -2.21. The molecule has 17 heavy (non-hydrogen) atoms. The highest BCUT2D eigenvalue weighted by Crippen LogP contribution is 2.18. The highest BCUT2D eigenvalue weighted by Gasteiger charge is 2.17. The summed E-state index contributed by atoms with van der Waals surface area (Å²) in [6, 6.07) is 0. The van der Waals surface area contributed by atoms with E-state index in [1.54, 1.807) is 17.8 Å². The fraction of sp³-hybridized carbons (Fsp3) is 0.364. The Kier molecular flexibility index (Phi) is 2.74. The Morgan fingerprint density at radius 3 is 2.59 bits per heavy atom. The van der Waals surface area contributed by atoms with Crippen molar-refractivity contribution in [2.24, 2.45) is 0 Å². The number of hydrogen-bond donors (Lipinski definition) is 1. The monoisotopic (exact) mass is 251 g/mol. The highest BCUT2D eigenvalue weighted by atomic mass is 32.1. The smallest absolute Gasteiger partial charge is 0.295 e. The van der Waals surface area contributed by atoms with Crippen LogP contribution in [0.5, 0.6) is 0 Å². The summed E-state index contributed by atoms with van der Waals surface area (Å²) in [6.45, 7) is 5.70. The van der Waals surface area contributed by atoms with Gasteiger partial charge in [-0.15, -0.1) is 11.3 Å². The molecule has 0 aliphatic rings. The summed E-state index contributed by atoms with van der Waals surface area (Å²) in [4.78, 5) is 29.8. The Hall–Kier alpha value is -1.69. The van der Waals surface area contributed by atoms with Gasteiger partial charge in [0.05, 0.1) is 5.56 Å². The fourth-order valence-corrected chi connectivity index (χ4v) is 2.12. The van der Waals surface area contributed by atoms with Crippen molar-refractivity contribution in [2.45, 2.75) is 26.3 Å². The van der Waals surface area contributed by atoms with E-state index in [0.29, 0.717) is 10.6 Å². The third-order valence-corrected chi connectivity index (χ3v) is 3.13. The largest absolute Gasteiger partial charge is 0.328 e. The molecule has 0 atom stereocenters. The molecule has 0 fully saturated rings. The van der Waals surface area contributed by atoms with Crippen LogP contribution in [-0.4, -0.2) is 14.5 Å². The molecule has 0 aliphatic carbocycles. The zero-order chi connectivity index (χ0) is 12.6. The molecule has 0 saturated heterocycles. The van der Waals surface area contributed by atoms with Crippen LogP contribution in [-0.2, 0) is 5.54 Å². The van der Waals surface area contributed by atoms with E-state index in [2.05, 4.69) is 9.97 Å². The van der Waals surface area contributed by atoms with Gasteiger partial charge in [0.15, 0.2) is 0 Å². The molecule has 0 bridgehead atoms. The third kappa shape index (κ3) is 2.21. The molecule has 0 saturated carbocycles. The SMILES string of the molecule is CC(C)(C)n1cc(-c2nccs2)c(=O)[nH]c1=O. The van der Waals surface area contributed by atoms with Crippen LogP contribution in [0.2, 0.25) is 0 Å². The van der Waals surface area contributed by atoms with E-state index >= 15 is 0 Å². The average Bonchev–Trinajstić information content (AvgIpc) is 2.68. The molecular formula is C11H13N3O2S. The molecule has 5 nitrogen and oxygen atoms in total. The molecule has 2 rings (SSSR count). The maximum atomic E-state index is 11.7. The first-order valence-corrected chi connectivity index (χ1v) is 6.04. The maximum absolute atomic E-state index is 11.7. The van der Waals surface area contributed by atoms with E-state index in [-0.39, 0.29) is 5.54 Å². The van der Waals surface area contributed by atoms with Gasteiger partial charge in [-0.05, 0) is 20.8 Å². The number of nitrogens with zero attached hydrogens (tertiary/aromatic N) is 2. The fourth-order valence-electron chi connectivity index (χ4n) is 1.48. The Morgan fingerprint density at radius 1 is 1.35 bits per heavy atom. The molecule has 2 heterocycles. The number of nitrogens with one attached hydrogen (secondary N) is 1. The minimum atomic E-state index is -0.400. The van der Waals surface area contributed by atoms with Gasteiger partial charge >= 0.3 is 5.69 Å². The molecule has 2 aromatic heterocycles. The van der Waals surface area contributed by atoms with Crippen LogP contribution in [0.4, 0.5) is 0 Å². The first-order chi connectivity index (χ1) is 7.89. The third-order valence-electron chi connectivity index (χ3n) is 2.33. The van der Waals surface area contributed by atoms with Crippen molar-refractivity contribution < 1.29 is 0 Å². The molecule has 0 unspecified atom stereocenters. The van der Waals surface area contributed by atoms with Crippen LogP contribution in [0.25, 0.3) is 10.6 Å². The van der Waals surface area contributed by atoms with Crippen LogP contribution < -0.4 is 11.2 Å². The van der Waals surface area contributed by atoms with E-state index in [4.69, 9.17) is 0 Å². The maximum Gasteiger partial charge on any atom is 0.328 e. The highest BCUT2D eigenvalue weighted by molar-refractivity contribution is 7.13. The second-order valence-electron chi connectivity index (χ2n) is 4.68. The lowest BCUT2D eigenvalue weighted by Crippen LogP contribution is -2.38. The molecule has 0 spiro atoms. The Balaban J connectivity index is 2.71. The lowest BCUT2D eigenvalue weighted by molar-refractivity contribution is 0.377. The topological polar surface area (TPSA) is 67.8 Å². The Morgan fingerprint density at radius 2 is 2.06 bits per heavy atom. The summed E-state index contributed by atoms with van der Waals surface area (Å²) in [7, 11) is 0. The first-order valence-electron chi connectivity index (χ1n) is 5.16. The van der Waals surface area contributed by atoms with E-state index in [1.807, 2.05) is 20.8 Å². The Labute approximate surface area is 102 Å². The van der Waals surface area contributed by atoms with Gasteiger partial charge in [0.25, 0.3) is 5.56 Å². The number of aromatic amines is 1. The van der Waals surface area contributed by atoms with Crippen LogP contribution in [0.15, 0.2) is 27.4 Å². The molecule has 2 aromatic rings. The van der Waals surface area contributed by atoms with Crippen molar-refractivity contribution in [3.63, 3.8) is 0 Å². The summed E-state index contributed by atoms with van der Waals surface area (Å²) >= 11 is 1.37.